The van der Waals surface area contributed by atoms with E-state index >= 15 is 0 Å². The molecule has 33 heavy (non-hydrogen) atoms. The maximum absolute atomic E-state index is 13.7. The molecule has 3 aromatic rings. The summed E-state index contributed by atoms with van der Waals surface area (Å²) in [6.07, 6.45) is 3.36. The molecule has 1 aliphatic rings. The second-order valence-corrected chi connectivity index (χ2v) is 9.92. The monoisotopic (exact) mass is 477 g/mol. The van der Waals surface area contributed by atoms with Crippen molar-refractivity contribution in [3.63, 3.8) is 0 Å². The van der Waals surface area contributed by atoms with E-state index in [1.54, 1.807) is 15.9 Å². The first-order valence-corrected chi connectivity index (χ1v) is 12.6. The molecule has 0 saturated heterocycles. The second-order valence-electron chi connectivity index (χ2n) is 7.89. The van der Waals surface area contributed by atoms with Gasteiger partial charge in [0.25, 0.3) is 5.56 Å². The van der Waals surface area contributed by atoms with E-state index in [0.29, 0.717) is 10.5 Å². The lowest BCUT2D eigenvalue weighted by Gasteiger charge is -2.20. The number of thiophene rings is 1. The molecule has 0 radical (unpaired) electrons. The fraction of sp³-hybridized carbons (Fsp3) is 0.375. The van der Waals surface area contributed by atoms with E-state index in [1.807, 2.05) is 43.3 Å². The van der Waals surface area contributed by atoms with Gasteiger partial charge in [-0.05, 0) is 43.9 Å². The molecule has 0 unspecified atom stereocenters. The zero-order chi connectivity index (χ0) is 23.4. The lowest BCUT2D eigenvalue weighted by molar-refractivity contribution is -0.128. The highest BCUT2D eigenvalue weighted by atomic mass is 32.2. The van der Waals surface area contributed by atoms with Crippen LogP contribution in [0.2, 0.25) is 0 Å². The third kappa shape index (κ3) is 4.80. The van der Waals surface area contributed by atoms with Crippen LogP contribution in [0.25, 0.3) is 15.9 Å². The Balaban J connectivity index is 1.70. The summed E-state index contributed by atoms with van der Waals surface area (Å²) < 4.78 is 1.61. The summed E-state index contributed by atoms with van der Waals surface area (Å²) in [4.78, 5) is 34.8. The quantitative estimate of drug-likeness (QED) is 0.359. The first-order valence-electron chi connectivity index (χ1n) is 10.8. The Morgan fingerprint density at radius 1 is 1.18 bits per heavy atom. The van der Waals surface area contributed by atoms with Crippen molar-refractivity contribution in [1.82, 2.24) is 14.5 Å². The average molecular weight is 478 g/mol. The molecule has 0 N–H and O–H groups in total. The van der Waals surface area contributed by atoms with E-state index in [1.165, 1.54) is 21.5 Å². The smallest absolute Gasteiger partial charge is 0.267 e. The third-order valence-electron chi connectivity index (χ3n) is 5.66. The van der Waals surface area contributed by atoms with Gasteiger partial charge in [-0.1, -0.05) is 29.5 Å². The van der Waals surface area contributed by atoms with Gasteiger partial charge < -0.3 is 4.90 Å². The highest BCUT2D eigenvalue weighted by Crippen LogP contribution is 2.36. The minimum absolute atomic E-state index is 0.0752. The number of carbonyl (C=O) groups is 1. The van der Waals surface area contributed by atoms with Gasteiger partial charge in [0, 0.05) is 18.0 Å². The summed E-state index contributed by atoms with van der Waals surface area (Å²) in [7, 11) is 0. The Morgan fingerprint density at radius 3 is 2.55 bits per heavy atom. The number of amides is 1. The van der Waals surface area contributed by atoms with E-state index in [9.17, 15) is 9.59 Å². The zero-order valence-corrected chi connectivity index (χ0v) is 20.0. The van der Waals surface area contributed by atoms with Crippen molar-refractivity contribution < 1.29 is 4.79 Å². The molecule has 0 aliphatic heterocycles. The summed E-state index contributed by atoms with van der Waals surface area (Å²) in [5, 5.41) is 19.0. The van der Waals surface area contributed by atoms with Gasteiger partial charge in [-0.2, -0.15) is 10.5 Å². The van der Waals surface area contributed by atoms with Gasteiger partial charge in [0.1, 0.15) is 4.83 Å². The highest BCUT2D eigenvalue weighted by molar-refractivity contribution is 7.99. The Hall–Kier alpha value is -3.14. The van der Waals surface area contributed by atoms with Crippen molar-refractivity contribution in [2.24, 2.45) is 0 Å². The SMILES string of the molecule is Cc1ccc(-n2c(SCC(=O)N(CCC#N)CCC#N)nc3sc4c(c3c2=O)CCC4)cc1. The van der Waals surface area contributed by atoms with Crippen LogP contribution in [-0.4, -0.2) is 39.2 Å². The van der Waals surface area contributed by atoms with Crippen LogP contribution < -0.4 is 5.56 Å². The molecule has 2 aromatic heterocycles. The zero-order valence-electron chi connectivity index (χ0n) is 18.3. The maximum Gasteiger partial charge on any atom is 0.267 e. The molecule has 0 atom stereocenters. The topological polar surface area (TPSA) is 103 Å². The minimum Gasteiger partial charge on any atom is -0.340 e. The van der Waals surface area contributed by atoms with Gasteiger partial charge in [0.2, 0.25) is 5.91 Å². The van der Waals surface area contributed by atoms with Crippen LogP contribution in [-0.2, 0) is 17.6 Å². The number of aryl methyl sites for hydroxylation is 3. The van der Waals surface area contributed by atoms with Crippen molar-refractivity contribution in [2.45, 2.75) is 44.2 Å². The van der Waals surface area contributed by atoms with Crippen molar-refractivity contribution in [2.75, 3.05) is 18.8 Å². The molecule has 1 amide bonds. The Bertz CT molecular complexity index is 1310. The predicted octanol–water partition coefficient (Wildman–Crippen LogP) is 3.99. The number of hydrogen-bond acceptors (Lipinski definition) is 7. The van der Waals surface area contributed by atoms with E-state index < -0.39 is 0 Å². The van der Waals surface area contributed by atoms with Crippen LogP contribution in [0, 0.1) is 29.6 Å². The largest absolute Gasteiger partial charge is 0.340 e. The number of thioether (sulfide) groups is 1. The summed E-state index contributed by atoms with van der Waals surface area (Å²) in [6, 6.07) is 11.8. The van der Waals surface area contributed by atoms with Crippen molar-refractivity contribution in [3.8, 4) is 17.8 Å². The summed E-state index contributed by atoms with van der Waals surface area (Å²) in [6.45, 7) is 2.56. The van der Waals surface area contributed by atoms with E-state index in [0.717, 1.165) is 40.9 Å². The first-order chi connectivity index (χ1) is 16.0. The van der Waals surface area contributed by atoms with Crippen molar-refractivity contribution >= 4 is 39.2 Å². The van der Waals surface area contributed by atoms with Crippen LogP contribution in [0.4, 0.5) is 0 Å². The van der Waals surface area contributed by atoms with Crippen LogP contribution in [0.1, 0.15) is 35.3 Å². The Kier molecular flexibility index (Phi) is 7.12. The van der Waals surface area contributed by atoms with Gasteiger partial charge in [-0.3, -0.25) is 14.2 Å². The van der Waals surface area contributed by atoms with E-state index in [2.05, 4.69) is 0 Å². The van der Waals surface area contributed by atoms with Crippen LogP contribution >= 0.6 is 23.1 Å². The van der Waals surface area contributed by atoms with Gasteiger partial charge in [-0.25, -0.2) is 4.98 Å². The van der Waals surface area contributed by atoms with Gasteiger partial charge in [0.15, 0.2) is 5.16 Å². The maximum atomic E-state index is 13.7. The Labute approximate surface area is 200 Å². The third-order valence-corrected chi connectivity index (χ3v) is 7.77. The van der Waals surface area contributed by atoms with E-state index in [4.69, 9.17) is 15.5 Å². The number of nitrogens with zero attached hydrogens (tertiary/aromatic N) is 5. The molecule has 168 valence electrons. The minimum atomic E-state index is -0.177. The first kappa shape index (κ1) is 23.0. The van der Waals surface area contributed by atoms with Crippen LogP contribution in [0.15, 0.2) is 34.2 Å². The number of aromatic nitrogens is 2. The van der Waals surface area contributed by atoms with Crippen molar-refractivity contribution in [1.29, 1.82) is 10.5 Å². The number of nitriles is 2. The molecular weight excluding hydrogens is 454 g/mol. The average Bonchev–Trinajstić information content (AvgIpc) is 3.39. The Morgan fingerprint density at radius 2 is 1.88 bits per heavy atom. The highest BCUT2D eigenvalue weighted by Gasteiger charge is 2.24. The lowest BCUT2D eigenvalue weighted by atomic mass is 10.2. The standard InChI is InChI=1S/C24H23N5O2S2/c1-16-7-9-17(10-8-16)29-23(31)21-18-5-2-6-19(18)33-22(21)27-24(29)32-15-20(30)28(13-3-11-25)14-4-12-26/h7-10H,2-6,13-15H2,1H3. The molecule has 0 bridgehead atoms. The number of rotatable bonds is 8. The fourth-order valence-electron chi connectivity index (χ4n) is 3.99. The molecule has 0 fully saturated rings. The molecule has 2 heterocycles. The predicted molar refractivity (Wildman–Crippen MR) is 130 cm³/mol. The molecule has 4 rings (SSSR count). The van der Waals surface area contributed by atoms with Crippen molar-refractivity contribution in [3.05, 3.63) is 50.6 Å². The van der Waals surface area contributed by atoms with Crippen LogP contribution in [0.5, 0.6) is 0 Å². The summed E-state index contributed by atoms with van der Waals surface area (Å²) >= 11 is 2.80. The van der Waals surface area contributed by atoms with Gasteiger partial charge in [-0.15, -0.1) is 11.3 Å². The van der Waals surface area contributed by atoms with Gasteiger partial charge in [0.05, 0.1) is 41.8 Å². The molecule has 7 nitrogen and oxygen atoms in total. The molecule has 9 heteroatoms. The molecule has 1 aliphatic carbocycles. The second kappa shape index (κ2) is 10.2. The molecule has 1 aromatic carbocycles. The number of carbonyl (C=O) groups excluding carboxylic acids is 1. The fourth-order valence-corrected chi connectivity index (χ4v) is 6.21. The lowest BCUT2D eigenvalue weighted by Crippen LogP contribution is -2.34. The normalized spacial score (nSPS) is 12.3. The number of hydrogen-bond donors (Lipinski definition) is 0. The van der Waals surface area contributed by atoms with Crippen LogP contribution in [0.3, 0.4) is 0 Å². The van der Waals surface area contributed by atoms with E-state index in [-0.39, 0.29) is 43.2 Å². The molecule has 0 saturated carbocycles. The number of fused-ring (bicyclic) bond motifs is 3. The van der Waals surface area contributed by atoms with Gasteiger partial charge >= 0.3 is 0 Å². The molecule has 0 spiro atoms. The number of benzene rings is 1. The molecular formula is C24H23N5O2S2. The summed E-state index contributed by atoms with van der Waals surface area (Å²) in [5.74, 6) is -0.102. The summed E-state index contributed by atoms with van der Waals surface area (Å²) in [5.41, 5.74) is 2.84.